The van der Waals surface area contributed by atoms with Gasteiger partial charge in [0.05, 0.1) is 15.8 Å². The molecule has 1 aliphatic heterocycles. The van der Waals surface area contributed by atoms with Crippen LogP contribution in [0.2, 0.25) is 0 Å². The number of sulfone groups is 1. The van der Waals surface area contributed by atoms with Gasteiger partial charge in [0, 0.05) is 18.2 Å². The minimum absolute atomic E-state index is 0.0301. The number of hydrogen-bond acceptors (Lipinski definition) is 5. The fraction of sp³-hybridized carbons (Fsp3) is 0.400. The quantitative estimate of drug-likeness (QED) is 0.769. The van der Waals surface area contributed by atoms with Crippen molar-refractivity contribution in [3.8, 4) is 5.75 Å². The van der Waals surface area contributed by atoms with Crippen LogP contribution in [0.5, 0.6) is 5.75 Å². The van der Waals surface area contributed by atoms with Crippen LogP contribution < -0.4 is 9.46 Å². The summed E-state index contributed by atoms with van der Waals surface area (Å²) in [5.41, 5.74) is 0.373. The van der Waals surface area contributed by atoms with E-state index in [1.54, 1.807) is 0 Å². The molecule has 2 aromatic carbocycles. The lowest BCUT2D eigenvalue weighted by Crippen LogP contribution is -2.44. The van der Waals surface area contributed by atoms with E-state index in [9.17, 15) is 16.8 Å². The monoisotopic (exact) mass is 423 g/mol. The number of nitrogens with one attached hydrogen (secondary N) is 1. The fourth-order valence-corrected chi connectivity index (χ4v) is 5.37. The molecule has 6 nitrogen and oxygen atoms in total. The number of benzene rings is 2. The third kappa shape index (κ3) is 4.09. The summed E-state index contributed by atoms with van der Waals surface area (Å²) >= 11 is 0. The molecule has 0 saturated heterocycles. The number of sulfonamides is 1. The smallest absolute Gasteiger partial charge is 0.241 e. The predicted molar refractivity (Wildman–Crippen MR) is 108 cm³/mol. The Bertz CT molecular complexity index is 1060. The third-order valence-corrected chi connectivity index (χ3v) is 7.96. The molecule has 0 spiro atoms. The molecule has 0 aliphatic carbocycles. The molecule has 8 heteroatoms. The normalized spacial score (nSPS) is 18.9. The van der Waals surface area contributed by atoms with E-state index in [1.807, 2.05) is 38.1 Å². The van der Waals surface area contributed by atoms with Crippen LogP contribution in [-0.2, 0) is 19.9 Å². The standard InChI is InChI=1S/C20H25NO5S2/c1-4-20(5-2)14-18(17-8-6-7-9-19(17)26-20)21-28(24,25)16-12-10-15(11-13-16)27(3,22)23/h6-13,18,21H,4-5,14H2,1-3H3/t18-/m1/s1. The Balaban J connectivity index is 1.95. The summed E-state index contributed by atoms with van der Waals surface area (Å²) in [6.07, 6.45) is 3.14. The van der Waals surface area contributed by atoms with E-state index in [4.69, 9.17) is 4.74 Å². The molecule has 0 amide bonds. The lowest BCUT2D eigenvalue weighted by Gasteiger charge is -2.41. The number of hydrogen-bond donors (Lipinski definition) is 1. The van der Waals surface area contributed by atoms with Crippen LogP contribution in [0.15, 0.2) is 58.3 Å². The summed E-state index contributed by atoms with van der Waals surface area (Å²) in [4.78, 5) is 0.112. The minimum atomic E-state index is -3.83. The lowest BCUT2D eigenvalue weighted by atomic mass is 9.84. The van der Waals surface area contributed by atoms with Crippen molar-refractivity contribution in [3.05, 3.63) is 54.1 Å². The molecule has 1 N–H and O–H groups in total. The molecule has 152 valence electrons. The number of ether oxygens (including phenoxy) is 1. The van der Waals surface area contributed by atoms with Gasteiger partial charge < -0.3 is 4.74 Å². The maximum absolute atomic E-state index is 13.0. The Hall–Kier alpha value is -1.90. The van der Waals surface area contributed by atoms with Crippen molar-refractivity contribution >= 4 is 19.9 Å². The Morgan fingerprint density at radius 1 is 0.964 bits per heavy atom. The first-order valence-electron chi connectivity index (χ1n) is 9.20. The maximum atomic E-state index is 13.0. The fourth-order valence-electron chi connectivity index (χ4n) is 3.53. The highest BCUT2D eigenvalue weighted by Gasteiger charge is 2.40. The Labute approximate surface area is 166 Å². The molecule has 0 unspecified atom stereocenters. The zero-order chi connectivity index (χ0) is 20.6. The number of para-hydroxylation sites is 1. The average molecular weight is 424 g/mol. The zero-order valence-electron chi connectivity index (χ0n) is 16.2. The van der Waals surface area contributed by atoms with E-state index in [-0.39, 0.29) is 9.79 Å². The summed E-state index contributed by atoms with van der Waals surface area (Å²) in [6, 6.07) is 12.3. The summed E-state index contributed by atoms with van der Waals surface area (Å²) in [6.45, 7) is 4.07. The summed E-state index contributed by atoms with van der Waals surface area (Å²) < 4.78 is 58.1. The second-order valence-corrected chi connectivity index (χ2v) is 10.9. The summed E-state index contributed by atoms with van der Waals surface area (Å²) in [5.74, 6) is 0.692. The van der Waals surface area contributed by atoms with Gasteiger partial charge in [-0.2, -0.15) is 0 Å². The molecule has 0 radical (unpaired) electrons. The molecule has 1 aliphatic rings. The van der Waals surface area contributed by atoms with Crippen LogP contribution in [0.25, 0.3) is 0 Å². The van der Waals surface area contributed by atoms with Crippen molar-refractivity contribution in [2.75, 3.05) is 6.26 Å². The van der Waals surface area contributed by atoms with Crippen molar-refractivity contribution in [1.82, 2.24) is 4.72 Å². The zero-order valence-corrected chi connectivity index (χ0v) is 17.8. The Morgan fingerprint density at radius 2 is 1.54 bits per heavy atom. The van der Waals surface area contributed by atoms with Crippen LogP contribution in [0, 0.1) is 0 Å². The van der Waals surface area contributed by atoms with Gasteiger partial charge in [-0.3, -0.25) is 0 Å². The average Bonchev–Trinajstić information content (AvgIpc) is 2.67. The van der Waals surface area contributed by atoms with Gasteiger partial charge in [0.15, 0.2) is 9.84 Å². The van der Waals surface area contributed by atoms with Gasteiger partial charge in [0.2, 0.25) is 10.0 Å². The summed E-state index contributed by atoms with van der Waals surface area (Å²) in [7, 11) is -7.22. The second-order valence-electron chi connectivity index (χ2n) is 7.15. The molecule has 2 aromatic rings. The molecule has 1 heterocycles. The van der Waals surface area contributed by atoms with E-state index < -0.39 is 31.5 Å². The van der Waals surface area contributed by atoms with Crippen LogP contribution in [0.3, 0.4) is 0 Å². The van der Waals surface area contributed by atoms with Crippen LogP contribution >= 0.6 is 0 Å². The van der Waals surface area contributed by atoms with Gasteiger partial charge in [-0.15, -0.1) is 0 Å². The topological polar surface area (TPSA) is 89.5 Å². The van der Waals surface area contributed by atoms with Crippen LogP contribution in [0.4, 0.5) is 0 Å². The van der Waals surface area contributed by atoms with Crippen molar-refractivity contribution in [2.45, 2.75) is 54.5 Å². The molecule has 0 aromatic heterocycles. The van der Waals surface area contributed by atoms with Crippen molar-refractivity contribution in [2.24, 2.45) is 0 Å². The van der Waals surface area contributed by atoms with Gasteiger partial charge >= 0.3 is 0 Å². The highest BCUT2D eigenvalue weighted by atomic mass is 32.2. The minimum Gasteiger partial charge on any atom is -0.487 e. The molecular weight excluding hydrogens is 398 g/mol. The van der Waals surface area contributed by atoms with E-state index in [0.717, 1.165) is 24.7 Å². The SMILES string of the molecule is CCC1(CC)C[C@@H](NS(=O)(=O)c2ccc(S(C)(=O)=O)cc2)c2ccccc2O1. The van der Waals surface area contributed by atoms with Crippen LogP contribution in [-0.4, -0.2) is 28.7 Å². The first-order valence-corrected chi connectivity index (χ1v) is 12.6. The molecular formula is C20H25NO5S2. The number of rotatable bonds is 6. The molecule has 28 heavy (non-hydrogen) atoms. The van der Waals surface area contributed by atoms with E-state index in [0.29, 0.717) is 12.2 Å². The number of fused-ring (bicyclic) bond motifs is 1. The predicted octanol–water partition coefficient (Wildman–Crippen LogP) is 3.45. The lowest BCUT2D eigenvalue weighted by molar-refractivity contribution is 0.0260. The molecule has 3 rings (SSSR count). The van der Waals surface area contributed by atoms with Crippen LogP contribution in [0.1, 0.15) is 44.7 Å². The van der Waals surface area contributed by atoms with Crippen molar-refractivity contribution < 1.29 is 21.6 Å². The van der Waals surface area contributed by atoms with E-state index in [2.05, 4.69) is 4.72 Å². The maximum Gasteiger partial charge on any atom is 0.241 e. The van der Waals surface area contributed by atoms with Crippen molar-refractivity contribution in [1.29, 1.82) is 0 Å². The first kappa shape index (κ1) is 20.8. The van der Waals surface area contributed by atoms with Gasteiger partial charge in [0.1, 0.15) is 11.4 Å². The second kappa shape index (κ2) is 7.50. The highest BCUT2D eigenvalue weighted by Crippen LogP contribution is 2.43. The first-order chi connectivity index (χ1) is 13.1. The molecule has 0 fully saturated rings. The van der Waals surface area contributed by atoms with Gasteiger partial charge in [0.25, 0.3) is 0 Å². The largest absolute Gasteiger partial charge is 0.487 e. The van der Waals surface area contributed by atoms with Gasteiger partial charge in [-0.05, 0) is 43.2 Å². The van der Waals surface area contributed by atoms with Gasteiger partial charge in [-0.25, -0.2) is 21.6 Å². The van der Waals surface area contributed by atoms with Gasteiger partial charge in [-0.1, -0.05) is 32.0 Å². The molecule has 1 atom stereocenters. The molecule has 0 saturated carbocycles. The Morgan fingerprint density at radius 3 is 2.11 bits per heavy atom. The Kier molecular flexibility index (Phi) is 5.58. The van der Waals surface area contributed by atoms with E-state index in [1.165, 1.54) is 24.3 Å². The molecule has 0 bridgehead atoms. The van der Waals surface area contributed by atoms with Crippen molar-refractivity contribution in [3.63, 3.8) is 0 Å². The summed E-state index contributed by atoms with van der Waals surface area (Å²) in [5, 5.41) is 0. The van der Waals surface area contributed by atoms with E-state index >= 15 is 0 Å². The third-order valence-electron chi connectivity index (χ3n) is 5.35. The highest BCUT2D eigenvalue weighted by molar-refractivity contribution is 7.90.